The molecule has 0 unspecified atom stereocenters. The molecule has 2 aromatic heterocycles. The lowest BCUT2D eigenvalue weighted by Gasteiger charge is -2.10. The van der Waals surface area contributed by atoms with E-state index in [4.69, 9.17) is 0 Å². The molecule has 4 N–H and O–H groups in total. The van der Waals surface area contributed by atoms with Gasteiger partial charge in [0.1, 0.15) is 0 Å². The second-order valence-electron chi connectivity index (χ2n) is 4.77. The van der Waals surface area contributed by atoms with Crippen LogP contribution in [0.3, 0.4) is 0 Å². The van der Waals surface area contributed by atoms with Gasteiger partial charge in [0.2, 0.25) is 0 Å². The zero-order valence-corrected chi connectivity index (χ0v) is 12.1. The zero-order chi connectivity index (χ0) is 14.2. The SMILES string of the molecule is O=C(O)[C@H](Cc1cccs1)[NH2+]CCCc1ccc[nH+]c1. The first-order valence-electron chi connectivity index (χ1n) is 6.79. The Morgan fingerprint density at radius 2 is 2.30 bits per heavy atom. The fourth-order valence-corrected chi connectivity index (χ4v) is 2.89. The summed E-state index contributed by atoms with van der Waals surface area (Å²) in [6.45, 7) is 0.831. The van der Waals surface area contributed by atoms with Gasteiger partial charge in [0.25, 0.3) is 0 Å². The first-order chi connectivity index (χ1) is 9.75. The van der Waals surface area contributed by atoms with Gasteiger partial charge in [-0.25, -0.2) is 9.78 Å². The highest BCUT2D eigenvalue weighted by molar-refractivity contribution is 7.09. The monoisotopic (exact) mass is 292 g/mol. The molecular weight excluding hydrogens is 272 g/mol. The van der Waals surface area contributed by atoms with Crippen LogP contribution in [0, 0.1) is 0 Å². The fraction of sp³-hybridized carbons (Fsp3) is 0.333. The van der Waals surface area contributed by atoms with Crippen molar-refractivity contribution in [2.24, 2.45) is 0 Å². The first kappa shape index (κ1) is 14.7. The normalized spacial score (nSPS) is 12.2. The number of aryl methyl sites for hydroxylation is 1. The van der Waals surface area contributed by atoms with Crippen molar-refractivity contribution < 1.29 is 20.2 Å². The van der Waals surface area contributed by atoms with E-state index in [-0.39, 0.29) is 6.04 Å². The summed E-state index contributed by atoms with van der Waals surface area (Å²) in [6, 6.07) is 7.64. The number of aliphatic carboxylic acids is 1. The van der Waals surface area contributed by atoms with Crippen LogP contribution in [0.5, 0.6) is 0 Å². The number of hydrogen-bond donors (Lipinski definition) is 2. The summed E-state index contributed by atoms with van der Waals surface area (Å²) in [5.41, 5.74) is 1.26. The molecule has 2 aromatic rings. The lowest BCUT2D eigenvalue weighted by atomic mass is 10.1. The molecule has 2 rings (SSSR count). The van der Waals surface area contributed by atoms with Crippen molar-refractivity contribution in [3.05, 3.63) is 52.5 Å². The van der Waals surface area contributed by atoms with Crippen molar-refractivity contribution in [1.82, 2.24) is 0 Å². The molecule has 20 heavy (non-hydrogen) atoms. The summed E-state index contributed by atoms with van der Waals surface area (Å²) >= 11 is 1.62. The topological polar surface area (TPSA) is 68.0 Å². The predicted octanol–water partition coefficient (Wildman–Crippen LogP) is 0.754. The molecular formula is C15H20N2O2S+2. The number of carboxylic acid groups (broad SMARTS) is 1. The van der Waals surface area contributed by atoms with Crippen LogP contribution < -0.4 is 10.3 Å². The van der Waals surface area contributed by atoms with E-state index in [9.17, 15) is 9.90 Å². The number of quaternary nitrogens is 1. The van der Waals surface area contributed by atoms with Crippen molar-refractivity contribution in [3.8, 4) is 0 Å². The Morgan fingerprint density at radius 3 is 2.95 bits per heavy atom. The quantitative estimate of drug-likeness (QED) is 0.705. The molecule has 0 amide bonds. The molecule has 0 aliphatic carbocycles. The van der Waals surface area contributed by atoms with E-state index in [1.807, 2.05) is 41.3 Å². The molecule has 1 atom stereocenters. The van der Waals surface area contributed by atoms with E-state index in [2.05, 4.69) is 11.1 Å². The maximum Gasteiger partial charge on any atom is 0.362 e. The molecule has 0 saturated carbocycles. The minimum atomic E-state index is -0.730. The number of rotatable bonds is 8. The highest BCUT2D eigenvalue weighted by Crippen LogP contribution is 2.10. The number of carbonyl (C=O) groups is 1. The lowest BCUT2D eigenvalue weighted by Crippen LogP contribution is -2.92. The van der Waals surface area contributed by atoms with E-state index in [0.29, 0.717) is 6.42 Å². The maximum absolute atomic E-state index is 11.3. The number of aromatic nitrogens is 1. The summed E-state index contributed by atoms with van der Waals surface area (Å²) < 4.78 is 0. The van der Waals surface area contributed by atoms with Gasteiger partial charge in [-0.15, -0.1) is 11.3 Å². The van der Waals surface area contributed by atoms with Crippen molar-refractivity contribution in [3.63, 3.8) is 0 Å². The van der Waals surface area contributed by atoms with Crippen LogP contribution >= 0.6 is 11.3 Å². The minimum absolute atomic E-state index is 0.379. The summed E-state index contributed by atoms with van der Waals surface area (Å²) in [7, 11) is 0. The standard InChI is InChI=1S/C15H18N2O2S/c18-15(19)14(10-13-6-3-9-20-13)17-8-2-5-12-4-1-7-16-11-12/h1,3-4,6-7,9,11,14,17H,2,5,8,10H2,(H,18,19)/p+2/t14-/m0/s1. The van der Waals surface area contributed by atoms with Gasteiger partial charge in [0.15, 0.2) is 18.4 Å². The second kappa shape index (κ2) is 7.77. The highest BCUT2D eigenvalue weighted by atomic mass is 32.1. The van der Waals surface area contributed by atoms with Crippen LogP contribution in [0.25, 0.3) is 0 Å². The molecule has 0 saturated heterocycles. The Bertz CT molecular complexity index is 514. The summed E-state index contributed by atoms with van der Waals surface area (Å²) in [5, 5.41) is 13.2. The third-order valence-corrected chi connectivity index (χ3v) is 4.11. The average molecular weight is 292 g/mol. The van der Waals surface area contributed by atoms with E-state index in [0.717, 1.165) is 24.3 Å². The summed E-state index contributed by atoms with van der Waals surface area (Å²) in [4.78, 5) is 15.4. The summed E-state index contributed by atoms with van der Waals surface area (Å²) in [6.07, 6.45) is 6.43. The van der Waals surface area contributed by atoms with Gasteiger partial charge in [0.05, 0.1) is 6.54 Å². The number of nitrogens with two attached hydrogens (primary N) is 1. The van der Waals surface area contributed by atoms with Crippen LogP contribution in [0.4, 0.5) is 0 Å². The van der Waals surface area contributed by atoms with Gasteiger partial charge in [-0.2, -0.15) is 0 Å². The molecule has 5 heteroatoms. The number of nitrogens with one attached hydrogen (secondary N) is 1. The third-order valence-electron chi connectivity index (χ3n) is 3.21. The molecule has 0 radical (unpaired) electrons. The molecule has 0 bridgehead atoms. The number of thiophene rings is 1. The largest absolute Gasteiger partial charge is 0.477 e. The van der Waals surface area contributed by atoms with Crippen LogP contribution in [-0.4, -0.2) is 23.7 Å². The van der Waals surface area contributed by atoms with E-state index in [1.54, 1.807) is 11.3 Å². The Morgan fingerprint density at radius 1 is 1.40 bits per heavy atom. The van der Waals surface area contributed by atoms with Crippen molar-refractivity contribution in [2.45, 2.75) is 25.3 Å². The molecule has 2 heterocycles. The molecule has 0 aliphatic heterocycles. The van der Waals surface area contributed by atoms with E-state index in [1.165, 1.54) is 5.56 Å². The average Bonchev–Trinajstić information content (AvgIpc) is 2.96. The molecule has 0 aliphatic rings. The predicted molar refractivity (Wildman–Crippen MR) is 77.6 cm³/mol. The third kappa shape index (κ3) is 4.75. The van der Waals surface area contributed by atoms with Gasteiger partial charge < -0.3 is 10.4 Å². The lowest BCUT2D eigenvalue weighted by molar-refractivity contribution is -0.678. The van der Waals surface area contributed by atoms with E-state index < -0.39 is 5.97 Å². The number of aromatic amines is 1. The van der Waals surface area contributed by atoms with Crippen molar-refractivity contribution in [2.75, 3.05) is 6.54 Å². The van der Waals surface area contributed by atoms with Crippen LogP contribution in [0.1, 0.15) is 16.9 Å². The summed E-state index contributed by atoms with van der Waals surface area (Å²) in [5.74, 6) is -0.730. The van der Waals surface area contributed by atoms with Gasteiger partial charge >= 0.3 is 5.97 Å². The van der Waals surface area contributed by atoms with Gasteiger partial charge in [-0.3, -0.25) is 0 Å². The highest BCUT2D eigenvalue weighted by Gasteiger charge is 2.21. The molecule has 0 aromatic carbocycles. The molecule has 0 fully saturated rings. The Balaban J connectivity index is 1.74. The molecule has 0 spiro atoms. The van der Waals surface area contributed by atoms with E-state index >= 15 is 0 Å². The number of H-pyrrole nitrogens is 1. The van der Waals surface area contributed by atoms with Crippen LogP contribution in [0.15, 0.2) is 42.0 Å². The zero-order valence-electron chi connectivity index (χ0n) is 11.3. The van der Waals surface area contributed by atoms with Crippen molar-refractivity contribution >= 4 is 17.3 Å². The Kier molecular flexibility index (Phi) is 5.70. The smallest absolute Gasteiger partial charge is 0.362 e. The van der Waals surface area contributed by atoms with Gasteiger partial charge in [-0.05, 0) is 23.9 Å². The fourth-order valence-electron chi connectivity index (χ4n) is 2.13. The number of hydrogen-bond acceptors (Lipinski definition) is 2. The van der Waals surface area contributed by atoms with Gasteiger partial charge in [0, 0.05) is 29.3 Å². The first-order valence-corrected chi connectivity index (χ1v) is 7.67. The Labute approximate surface area is 122 Å². The molecule has 4 nitrogen and oxygen atoms in total. The second-order valence-corrected chi connectivity index (χ2v) is 5.80. The van der Waals surface area contributed by atoms with Gasteiger partial charge in [-0.1, -0.05) is 6.07 Å². The van der Waals surface area contributed by atoms with Crippen molar-refractivity contribution in [1.29, 1.82) is 0 Å². The minimum Gasteiger partial charge on any atom is -0.477 e. The number of pyridine rings is 1. The Hall–Kier alpha value is -1.72. The molecule has 106 valence electrons. The maximum atomic E-state index is 11.3. The van der Waals surface area contributed by atoms with Crippen LogP contribution in [-0.2, 0) is 17.6 Å². The van der Waals surface area contributed by atoms with Crippen LogP contribution in [0.2, 0.25) is 0 Å². The number of carboxylic acids is 1.